The fraction of sp³-hybridized carbons (Fsp3) is 0.211. The second kappa shape index (κ2) is 6.66. The second-order valence-electron chi connectivity index (χ2n) is 5.84. The van der Waals surface area contributed by atoms with Crippen molar-refractivity contribution in [2.24, 2.45) is 0 Å². The van der Waals surface area contributed by atoms with Crippen LogP contribution in [0.3, 0.4) is 0 Å². The molecule has 122 valence electrons. The predicted molar refractivity (Wildman–Crippen MR) is 93.4 cm³/mol. The number of fused-ring (bicyclic) bond motifs is 1. The average molecular weight is 322 g/mol. The predicted octanol–water partition coefficient (Wildman–Crippen LogP) is 2.94. The molecule has 0 bridgehead atoms. The number of anilines is 1. The van der Waals surface area contributed by atoms with Gasteiger partial charge in [-0.05, 0) is 30.2 Å². The number of hydrogen-bond donors (Lipinski definition) is 2. The molecule has 5 nitrogen and oxygen atoms in total. The molecule has 0 saturated heterocycles. The number of rotatable bonds is 5. The minimum absolute atomic E-state index is 0.103. The van der Waals surface area contributed by atoms with Gasteiger partial charge in [-0.25, -0.2) is 0 Å². The number of hydrogen-bond acceptors (Lipinski definition) is 3. The summed E-state index contributed by atoms with van der Waals surface area (Å²) in [6.07, 6.45) is 0.599. The summed E-state index contributed by atoms with van der Waals surface area (Å²) >= 11 is 0. The maximum Gasteiger partial charge on any atom is 0.303 e. The van der Waals surface area contributed by atoms with Crippen molar-refractivity contribution in [3.05, 3.63) is 54.1 Å². The third kappa shape index (κ3) is 3.20. The van der Waals surface area contributed by atoms with Crippen LogP contribution in [0.1, 0.15) is 18.4 Å². The number of carbonyl (C=O) groups is 1. The van der Waals surface area contributed by atoms with Crippen LogP contribution in [0.5, 0.6) is 0 Å². The van der Waals surface area contributed by atoms with Gasteiger partial charge < -0.3 is 5.11 Å². The number of aromatic nitrogens is 2. The van der Waals surface area contributed by atoms with Gasteiger partial charge in [0.1, 0.15) is 12.2 Å². The zero-order valence-electron chi connectivity index (χ0n) is 13.6. The molecule has 0 aliphatic heterocycles. The molecule has 0 aliphatic rings. The van der Waals surface area contributed by atoms with Crippen LogP contribution in [0.15, 0.2) is 48.5 Å². The van der Waals surface area contributed by atoms with Gasteiger partial charge in [0.25, 0.3) is 5.82 Å². The Hall–Kier alpha value is -2.95. The summed E-state index contributed by atoms with van der Waals surface area (Å²) in [7, 11) is 0. The van der Waals surface area contributed by atoms with Gasteiger partial charge in [0.2, 0.25) is 0 Å². The molecule has 0 radical (unpaired) electrons. The first-order chi connectivity index (χ1) is 11.6. The second-order valence-corrected chi connectivity index (χ2v) is 5.84. The minimum Gasteiger partial charge on any atom is -0.481 e. The Morgan fingerprint density at radius 1 is 1.21 bits per heavy atom. The molecule has 0 atom stereocenters. The Labute approximate surface area is 140 Å². The molecule has 0 saturated carbocycles. The zero-order chi connectivity index (χ0) is 17.1. The normalized spacial score (nSPS) is 10.9. The van der Waals surface area contributed by atoms with Gasteiger partial charge in [0.15, 0.2) is 0 Å². The lowest BCUT2D eigenvalue weighted by Crippen LogP contribution is -2.42. The average Bonchev–Trinajstić information content (AvgIpc) is 2.57. The van der Waals surface area contributed by atoms with Crippen molar-refractivity contribution in [1.29, 1.82) is 0 Å². The van der Waals surface area contributed by atoms with E-state index in [0.29, 0.717) is 18.8 Å². The third-order valence-electron chi connectivity index (χ3n) is 4.09. The van der Waals surface area contributed by atoms with E-state index < -0.39 is 5.97 Å². The smallest absolute Gasteiger partial charge is 0.303 e. The molecule has 5 heteroatoms. The van der Waals surface area contributed by atoms with Crippen LogP contribution >= 0.6 is 0 Å². The summed E-state index contributed by atoms with van der Waals surface area (Å²) in [6.45, 7) is 2.43. The summed E-state index contributed by atoms with van der Waals surface area (Å²) in [5, 5.41) is 15.7. The Morgan fingerprint density at radius 2 is 1.96 bits per heavy atom. The van der Waals surface area contributed by atoms with Crippen molar-refractivity contribution < 1.29 is 14.6 Å². The van der Waals surface area contributed by atoms with Crippen LogP contribution in [0.25, 0.3) is 22.0 Å². The van der Waals surface area contributed by atoms with Crippen LogP contribution in [-0.4, -0.2) is 16.2 Å². The number of aryl methyl sites for hydroxylation is 2. The fourth-order valence-corrected chi connectivity index (χ4v) is 2.83. The summed E-state index contributed by atoms with van der Waals surface area (Å²) in [4.78, 5) is 10.7. The summed E-state index contributed by atoms with van der Waals surface area (Å²) in [5.41, 5.74) is 8.93. The maximum atomic E-state index is 10.7. The van der Waals surface area contributed by atoms with Gasteiger partial charge in [-0.15, -0.1) is 4.68 Å². The molecule has 0 fully saturated rings. The number of nitrogens with two attached hydrogens (primary N) is 1. The molecule has 0 amide bonds. The van der Waals surface area contributed by atoms with E-state index in [9.17, 15) is 4.79 Å². The van der Waals surface area contributed by atoms with Gasteiger partial charge in [-0.1, -0.05) is 47.6 Å². The highest BCUT2D eigenvalue weighted by molar-refractivity contribution is 5.95. The molecule has 2 aromatic carbocycles. The quantitative estimate of drug-likeness (QED) is 0.708. The maximum absolute atomic E-state index is 10.7. The van der Waals surface area contributed by atoms with E-state index >= 15 is 0 Å². The number of carboxylic acids is 1. The van der Waals surface area contributed by atoms with Crippen LogP contribution in [0.2, 0.25) is 0 Å². The van der Waals surface area contributed by atoms with Gasteiger partial charge in [-0.2, -0.15) is 0 Å². The van der Waals surface area contributed by atoms with E-state index in [1.54, 1.807) is 4.68 Å². The van der Waals surface area contributed by atoms with E-state index in [1.165, 1.54) is 0 Å². The molecule has 3 rings (SSSR count). The van der Waals surface area contributed by atoms with Crippen LogP contribution in [0, 0.1) is 6.92 Å². The number of nitrogen functional groups attached to an aromatic ring is 1. The van der Waals surface area contributed by atoms with Crippen LogP contribution in [-0.2, 0) is 11.3 Å². The molecule has 3 N–H and O–H groups in total. The van der Waals surface area contributed by atoms with Gasteiger partial charge in [-0.3, -0.25) is 10.5 Å². The molecular weight excluding hydrogens is 302 g/mol. The first-order valence-electron chi connectivity index (χ1n) is 7.93. The van der Waals surface area contributed by atoms with Crippen molar-refractivity contribution in [3.63, 3.8) is 0 Å². The third-order valence-corrected chi connectivity index (χ3v) is 4.09. The topological polar surface area (TPSA) is 80.1 Å². The summed E-state index contributed by atoms with van der Waals surface area (Å²) < 4.78 is 1.70. The fourth-order valence-electron chi connectivity index (χ4n) is 2.83. The molecule has 3 aromatic rings. The Morgan fingerprint density at radius 3 is 2.75 bits per heavy atom. The van der Waals surface area contributed by atoms with Gasteiger partial charge >= 0.3 is 5.97 Å². The highest BCUT2D eigenvalue weighted by Gasteiger charge is 2.15. The molecule has 1 aromatic heterocycles. The van der Waals surface area contributed by atoms with E-state index in [2.05, 4.69) is 23.3 Å². The molecule has 1 heterocycles. The van der Waals surface area contributed by atoms with E-state index in [-0.39, 0.29) is 6.42 Å². The zero-order valence-corrected chi connectivity index (χ0v) is 13.6. The summed E-state index contributed by atoms with van der Waals surface area (Å²) in [5.74, 6) is -0.236. The molecular formula is C19H20N3O2+. The highest BCUT2D eigenvalue weighted by Crippen LogP contribution is 2.27. The van der Waals surface area contributed by atoms with Crippen molar-refractivity contribution in [1.82, 2.24) is 5.10 Å². The molecule has 0 spiro atoms. The van der Waals surface area contributed by atoms with Gasteiger partial charge in [0.05, 0.1) is 0 Å². The number of carboxylic acid groups (broad SMARTS) is 1. The SMILES string of the molecule is Cc1cc(-c2cccc3ccccc23)n[n+](CCCC(=O)O)c1N. The minimum atomic E-state index is -0.809. The summed E-state index contributed by atoms with van der Waals surface area (Å²) in [6, 6.07) is 16.3. The number of nitrogens with zero attached hydrogens (tertiary/aromatic N) is 2. The van der Waals surface area contributed by atoms with Crippen molar-refractivity contribution in [3.8, 4) is 11.3 Å². The largest absolute Gasteiger partial charge is 0.481 e. The lowest BCUT2D eigenvalue weighted by molar-refractivity contribution is -0.740. The number of benzene rings is 2. The Kier molecular flexibility index (Phi) is 4.42. The lowest BCUT2D eigenvalue weighted by atomic mass is 10.0. The Balaban J connectivity index is 2.04. The Bertz CT molecular complexity index is 901. The lowest BCUT2D eigenvalue weighted by Gasteiger charge is -2.09. The van der Waals surface area contributed by atoms with Crippen molar-refractivity contribution in [2.45, 2.75) is 26.3 Å². The molecule has 0 aliphatic carbocycles. The van der Waals surface area contributed by atoms with Crippen molar-refractivity contribution in [2.75, 3.05) is 5.73 Å². The van der Waals surface area contributed by atoms with Crippen molar-refractivity contribution >= 4 is 22.6 Å². The van der Waals surface area contributed by atoms with E-state index in [0.717, 1.165) is 27.6 Å². The standard InChI is InChI=1S/C19H19N3O2/c1-13-12-17(21-22(19(13)20)11-5-10-18(23)24)16-9-4-7-14-6-2-3-8-15(14)16/h2-4,6-9,12,20H,5,10-11H2,1H3,(H,23,24)/p+1. The van der Waals surface area contributed by atoms with E-state index in [1.807, 2.05) is 37.3 Å². The van der Waals surface area contributed by atoms with Crippen LogP contribution in [0.4, 0.5) is 5.82 Å². The molecule has 0 unspecified atom stereocenters. The number of aliphatic carboxylic acids is 1. The van der Waals surface area contributed by atoms with Gasteiger partial charge in [0, 0.05) is 17.5 Å². The van der Waals surface area contributed by atoms with Crippen LogP contribution < -0.4 is 10.4 Å². The monoisotopic (exact) mass is 322 g/mol. The first kappa shape index (κ1) is 15.9. The molecule has 24 heavy (non-hydrogen) atoms. The highest BCUT2D eigenvalue weighted by atomic mass is 16.4. The first-order valence-corrected chi connectivity index (χ1v) is 7.93. The van der Waals surface area contributed by atoms with E-state index in [4.69, 9.17) is 10.8 Å².